The molecular weight excluding hydrogens is 216 g/mol. The van der Waals surface area contributed by atoms with Gasteiger partial charge in [0.15, 0.2) is 0 Å². The molecule has 0 aromatic carbocycles. The average molecular weight is 232 g/mol. The normalized spacial score (nSPS) is 13.4. The van der Waals surface area contributed by atoms with Crippen LogP contribution in [-0.4, -0.2) is 41.8 Å². The topological polar surface area (TPSA) is 105 Å². The standard InChI is InChI=1S/C9H16N2O5/c1-4-16-8(14)6(3)11-9(15)10-5(2)7(12)13/h5-6H,4H2,1-3H3,(H,12,13)(H2,10,11,15)/t5-,6?/m0/s1. The molecule has 0 aliphatic carbocycles. The van der Waals surface area contributed by atoms with Gasteiger partial charge in [0.2, 0.25) is 0 Å². The first kappa shape index (κ1) is 14.2. The zero-order valence-corrected chi connectivity index (χ0v) is 9.44. The first-order chi connectivity index (χ1) is 7.38. The van der Waals surface area contributed by atoms with Crippen LogP contribution in [0.1, 0.15) is 20.8 Å². The molecule has 1 unspecified atom stereocenters. The van der Waals surface area contributed by atoms with Crippen LogP contribution in [0.4, 0.5) is 4.79 Å². The first-order valence-corrected chi connectivity index (χ1v) is 4.85. The van der Waals surface area contributed by atoms with Crippen molar-refractivity contribution in [1.82, 2.24) is 10.6 Å². The van der Waals surface area contributed by atoms with Gasteiger partial charge in [0.25, 0.3) is 0 Å². The lowest BCUT2D eigenvalue weighted by molar-refractivity contribution is -0.144. The Morgan fingerprint density at radius 2 is 1.69 bits per heavy atom. The van der Waals surface area contributed by atoms with Gasteiger partial charge in [-0.05, 0) is 20.8 Å². The van der Waals surface area contributed by atoms with E-state index in [0.717, 1.165) is 0 Å². The highest BCUT2D eigenvalue weighted by molar-refractivity contribution is 5.86. The van der Waals surface area contributed by atoms with Crippen molar-refractivity contribution in [2.45, 2.75) is 32.9 Å². The van der Waals surface area contributed by atoms with Gasteiger partial charge in [-0.2, -0.15) is 0 Å². The predicted octanol–water partition coefficient (Wildman–Crippen LogP) is -0.290. The summed E-state index contributed by atoms with van der Waals surface area (Å²) in [4.78, 5) is 32.7. The lowest BCUT2D eigenvalue weighted by Crippen LogP contribution is -2.49. The Balaban J connectivity index is 4.05. The van der Waals surface area contributed by atoms with E-state index < -0.39 is 30.1 Å². The molecule has 16 heavy (non-hydrogen) atoms. The summed E-state index contributed by atoms with van der Waals surface area (Å²) >= 11 is 0. The van der Waals surface area contributed by atoms with Crippen molar-refractivity contribution in [3.8, 4) is 0 Å². The minimum absolute atomic E-state index is 0.220. The number of carbonyl (C=O) groups excluding carboxylic acids is 2. The van der Waals surface area contributed by atoms with Gasteiger partial charge in [0.05, 0.1) is 6.61 Å². The zero-order chi connectivity index (χ0) is 12.7. The number of ether oxygens (including phenoxy) is 1. The predicted molar refractivity (Wildman–Crippen MR) is 54.9 cm³/mol. The van der Waals surface area contributed by atoms with Crippen LogP contribution >= 0.6 is 0 Å². The number of rotatable bonds is 5. The van der Waals surface area contributed by atoms with Gasteiger partial charge >= 0.3 is 18.0 Å². The van der Waals surface area contributed by atoms with Gasteiger partial charge in [-0.15, -0.1) is 0 Å². The van der Waals surface area contributed by atoms with Crippen molar-refractivity contribution < 1.29 is 24.2 Å². The fourth-order valence-corrected chi connectivity index (χ4v) is 0.823. The third-order valence-electron chi connectivity index (χ3n) is 1.71. The number of aliphatic carboxylic acids is 1. The maximum absolute atomic E-state index is 11.2. The number of hydrogen-bond acceptors (Lipinski definition) is 4. The maximum Gasteiger partial charge on any atom is 0.328 e. The van der Waals surface area contributed by atoms with E-state index in [9.17, 15) is 14.4 Å². The second-order valence-electron chi connectivity index (χ2n) is 3.15. The van der Waals surface area contributed by atoms with Crippen molar-refractivity contribution in [1.29, 1.82) is 0 Å². The van der Waals surface area contributed by atoms with Crippen molar-refractivity contribution >= 4 is 18.0 Å². The second kappa shape index (κ2) is 6.65. The van der Waals surface area contributed by atoms with Crippen molar-refractivity contribution in [2.75, 3.05) is 6.61 Å². The second-order valence-corrected chi connectivity index (χ2v) is 3.15. The van der Waals surface area contributed by atoms with Gasteiger partial charge in [-0.1, -0.05) is 0 Å². The molecule has 7 heteroatoms. The third kappa shape index (κ3) is 5.18. The van der Waals surface area contributed by atoms with E-state index in [2.05, 4.69) is 15.4 Å². The van der Waals surface area contributed by atoms with Crippen LogP contribution in [0.25, 0.3) is 0 Å². The summed E-state index contributed by atoms with van der Waals surface area (Å²) in [6.07, 6.45) is 0. The van der Waals surface area contributed by atoms with E-state index in [1.54, 1.807) is 6.92 Å². The van der Waals surface area contributed by atoms with E-state index in [1.165, 1.54) is 13.8 Å². The van der Waals surface area contributed by atoms with Crippen LogP contribution in [0.3, 0.4) is 0 Å². The van der Waals surface area contributed by atoms with E-state index in [-0.39, 0.29) is 6.61 Å². The summed E-state index contributed by atoms with van der Waals surface area (Å²) in [5.41, 5.74) is 0. The molecule has 2 atom stereocenters. The Bertz CT molecular complexity index is 279. The minimum Gasteiger partial charge on any atom is -0.480 e. The highest BCUT2D eigenvalue weighted by atomic mass is 16.5. The number of urea groups is 1. The summed E-state index contributed by atoms with van der Waals surface area (Å²) < 4.78 is 4.66. The first-order valence-electron chi connectivity index (χ1n) is 4.85. The molecular formula is C9H16N2O5. The summed E-state index contributed by atoms with van der Waals surface area (Å²) in [7, 11) is 0. The molecule has 0 aromatic rings. The molecule has 0 aromatic heterocycles. The van der Waals surface area contributed by atoms with E-state index >= 15 is 0 Å². The summed E-state index contributed by atoms with van der Waals surface area (Å²) in [6.45, 7) is 4.63. The number of esters is 1. The molecule has 0 rings (SSSR count). The molecule has 0 fully saturated rings. The van der Waals surface area contributed by atoms with Crippen LogP contribution in [0, 0.1) is 0 Å². The smallest absolute Gasteiger partial charge is 0.328 e. The number of hydrogen-bond donors (Lipinski definition) is 3. The van der Waals surface area contributed by atoms with Gasteiger partial charge in [-0.25, -0.2) is 9.59 Å². The maximum atomic E-state index is 11.2. The molecule has 0 bridgehead atoms. The quantitative estimate of drug-likeness (QED) is 0.565. The average Bonchev–Trinajstić information content (AvgIpc) is 2.17. The van der Waals surface area contributed by atoms with Gasteiger partial charge in [0.1, 0.15) is 12.1 Å². The van der Waals surface area contributed by atoms with Crippen LogP contribution < -0.4 is 10.6 Å². The lowest BCUT2D eigenvalue weighted by atomic mass is 10.3. The Hall–Kier alpha value is -1.79. The van der Waals surface area contributed by atoms with Crippen LogP contribution in [0.2, 0.25) is 0 Å². The molecule has 7 nitrogen and oxygen atoms in total. The van der Waals surface area contributed by atoms with Gasteiger partial charge < -0.3 is 20.5 Å². The minimum atomic E-state index is -1.15. The van der Waals surface area contributed by atoms with Crippen LogP contribution in [0.15, 0.2) is 0 Å². The highest BCUT2D eigenvalue weighted by Gasteiger charge is 2.19. The van der Waals surface area contributed by atoms with Gasteiger partial charge in [-0.3, -0.25) is 4.79 Å². The van der Waals surface area contributed by atoms with E-state index in [0.29, 0.717) is 0 Å². The van der Waals surface area contributed by atoms with E-state index in [4.69, 9.17) is 5.11 Å². The molecule has 0 spiro atoms. The molecule has 92 valence electrons. The zero-order valence-electron chi connectivity index (χ0n) is 9.44. The van der Waals surface area contributed by atoms with E-state index in [1.807, 2.05) is 0 Å². The molecule has 0 aliphatic heterocycles. The highest BCUT2D eigenvalue weighted by Crippen LogP contribution is 1.88. The number of carbonyl (C=O) groups is 3. The largest absolute Gasteiger partial charge is 0.480 e. The van der Waals surface area contributed by atoms with Crippen LogP contribution in [-0.2, 0) is 14.3 Å². The van der Waals surface area contributed by atoms with Crippen molar-refractivity contribution in [3.63, 3.8) is 0 Å². The summed E-state index contributed by atoms with van der Waals surface area (Å²) in [6, 6.07) is -2.56. The Kier molecular flexibility index (Phi) is 5.91. The Labute approximate surface area is 93.2 Å². The fraction of sp³-hybridized carbons (Fsp3) is 0.667. The van der Waals surface area contributed by atoms with Crippen molar-refractivity contribution in [2.24, 2.45) is 0 Å². The molecule has 0 saturated carbocycles. The monoisotopic (exact) mass is 232 g/mol. The lowest BCUT2D eigenvalue weighted by Gasteiger charge is -2.14. The summed E-state index contributed by atoms with van der Waals surface area (Å²) in [5, 5.41) is 12.9. The third-order valence-corrected chi connectivity index (χ3v) is 1.71. The van der Waals surface area contributed by atoms with Crippen LogP contribution in [0.5, 0.6) is 0 Å². The number of carboxylic acid groups (broad SMARTS) is 1. The SMILES string of the molecule is CCOC(=O)C(C)NC(=O)N[C@@H](C)C(=O)O. The molecule has 0 heterocycles. The summed E-state index contributed by atoms with van der Waals surface area (Å²) in [5.74, 6) is -1.72. The fourth-order valence-electron chi connectivity index (χ4n) is 0.823. The Morgan fingerprint density at radius 3 is 2.12 bits per heavy atom. The molecule has 0 aliphatic rings. The van der Waals surface area contributed by atoms with Crippen molar-refractivity contribution in [3.05, 3.63) is 0 Å². The van der Waals surface area contributed by atoms with Gasteiger partial charge in [0, 0.05) is 0 Å². The Morgan fingerprint density at radius 1 is 1.19 bits per heavy atom. The molecule has 3 N–H and O–H groups in total. The molecule has 2 amide bonds. The number of carboxylic acids is 1. The molecule has 0 saturated heterocycles. The number of amides is 2. The molecule has 0 radical (unpaired) electrons. The number of nitrogens with one attached hydrogen (secondary N) is 2.